The van der Waals surface area contributed by atoms with E-state index in [1.54, 1.807) is 12.1 Å². The van der Waals surface area contributed by atoms with Crippen LogP contribution in [0.4, 0.5) is 13.2 Å². The maximum atomic E-state index is 12.1. The van der Waals surface area contributed by atoms with Crippen LogP contribution in [-0.2, 0) is 0 Å². The van der Waals surface area contributed by atoms with Crippen molar-refractivity contribution in [3.63, 3.8) is 0 Å². The third kappa shape index (κ3) is 4.13. The summed E-state index contributed by atoms with van der Waals surface area (Å²) in [5, 5.41) is 3.55. The van der Waals surface area contributed by atoms with Crippen molar-refractivity contribution in [1.29, 1.82) is 0 Å². The van der Waals surface area contributed by atoms with Crippen LogP contribution in [0.1, 0.15) is 44.7 Å². The first kappa shape index (κ1) is 15.2. The summed E-state index contributed by atoms with van der Waals surface area (Å²) >= 11 is 0. The first-order chi connectivity index (χ1) is 9.35. The van der Waals surface area contributed by atoms with E-state index in [2.05, 4.69) is 17.0 Å². The van der Waals surface area contributed by atoms with E-state index in [-0.39, 0.29) is 11.8 Å². The molecule has 0 bridgehead atoms. The Balaban J connectivity index is 1.95. The first-order valence-corrected chi connectivity index (χ1v) is 6.97. The van der Waals surface area contributed by atoms with E-state index in [1.165, 1.54) is 31.4 Å². The van der Waals surface area contributed by atoms with Crippen molar-refractivity contribution in [3.8, 4) is 5.75 Å². The Labute approximate surface area is 117 Å². The molecule has 0 aromatic heterocycles. The van der Waals surface area contributed by atoms with Crippen molar-refractivity contribution in [1.82, 2.24) is 5.32 Å². The van der Waals surface area contributed by atoms with Crippen LogP contribution in [0.5, 0.6) is 5.75 Å². The lowest BCUT2D eigenvalue weighted by Crippen LogP contribution is -2.33. The zero-order valence-corrected chi connectivity index (χ0v) is 11.7. The molecule has 1 N–H and O–H groups in total. The zero-order valence-electron chi connectivity index (χ0n) is 11.7. The molecular formula is C15H20F3NO. The van der Waals surface area contributed by atoms with Gasteiger partial charge in [-0.05, 0) is 43.4 Å². The van der Waals surface area contributed by atoms with Crippen LogP contribution in [0.3, 0.4) is 0 Å². The van der Waals surface area contributed by atoms with Gasteiger partial charge in [0.1, 0.15) is 5.75 Å². The molecule has 0 saturated heterocycles. The molecule has 0 heterocycles. The number of alkyl halides is 3. The number of hydrogen-bond donors (Lipinski definition) is 1. The molecule has 1 aromatic rings. The van der Waals surface area contributed by atoms with Crippen molar-refractivity contribution in [2.75, 3.05) is 0 Å². The predicted octanol–water partition coefficient (Wildman–Crippen LogP) is 4.42. The minimum atomic E-state index is -4.63. The summed E-state index contributed by atoms with van der Waals surface area (Å²) < 4.78 is 40.1. The van der Waals surface area contributed by atoms with Gasteiger partial charge < -0.3 is 10.1 Å². The Hall–Kier alpha value is -1.23. The molecule has 1 fully saturated rings. The Kier molecular flexibility index (Phi) is 4.58. The highest BCUT2D eigenvalue weighted by atomic mass is 19.4. The Morgan fingerprint density at radius 1 is 1.20 bits per heavy atom. The standard InChI is InChI=1S/C15H20F3NO/c1-10-4-3-5-14(10)19-11(2)12-6-8-13(9-7-12)20-15(16,17)18/h6-11,14,19H,3-5H2,1-2H3. The zero-order chi connectivity index (χ0) is 14.8. The lowest BCUT2D eigenvalue weighted by Gasteiger charge is -2.23. The number of ether oxygens (including phenoxy) is 1. The normalized spacial score (nSPS) is 24.6. The molecule has 2 nitrogen and oxygen atoms in total. The molecule has 1 aliphatic carbocycles. The predicted molar refractivity (Wildman–Crippen MR) is 71.5 cm³/mol. The van der Waals surface area contributed by atoms with Crippen LogP contribution in [0, 0.1) is 5.92 Å². The number of hydrogen-bond acceptors (Lipinski definition) is 2. The van der Waals surface area contributed by atoms with Crippen LogP contribution >= 0.6 is 0 Å². The van der Waals surface area contributed by atoms with Crippen LogP contribution in [0.25, 0.3) is 0 Å². The van der Waals surface area contributed by atoms with Gasteiger partial charge in [0.2, 0.25) is 0 Å². The van der Waals surface area contributed by atoms with Gasteiger partial charge in [0.05, 0.1) is 0 Å². The van der Waals surface area contributed by atoms with Crippen LogP contribution in [-0.4, -0.2) is 12.4 Å². The maximum absolute atomic E-state index is 12.1. The maximum Gasteiger partial charge on any atom is 0.573 e. The van der Waals surface area contributed by atoms with E-state index < -0.39 is 6.36 Å². The molecule has 0 aliphatic heterocycles. The highest BCUT2D eigenvalue weighted by Crippen LogP contribution is 2.28. The fraction of sp³-hybridized carbons (Fsp3) is 0.600. The molecule has 112 valence electrons. The average molecular weight is 287 g/mol. The first-order valence-electron chi connectivity index (χ1n) is 6.97. The van der Waals surface area contributed by atoms with E-state index >= 15 is 0 Å². The summed E-state index contributed by atoms with van der Waals surface area (Å²) in [6.07, 6.45) is -0.988. The second-order valence-electron chi connectivity index (χ2n) is 5.52. The molecule has 3 unspecified atom stereocenters. The minimum absolute atomic E-state index is 0.125. The van der Waals surface area contributed by atoms with Crippen LogP contribution < -0.4 is 10.1 Å². The Bertz CT molecular complexity index is 430. The largest absolute Gasteiger partial charge is 0.573 e. The second kappa shape index (κ2) is 6.04. The van der Waals surface area contributed by atoms with E-state index in [0.29, 0.717) is 12.0 Å². The number of nitrogens with one attached hydrogen (secondary N) is 1. The van der Waals surface area contributed by atoms with E-state index in [9.17, 15) is 13.2 Å². The summed E-state index contributed by atoms with van der Waals surface area (Å²) in [5.41, 5.74) is 0.971. The van der Waals surface area contributed by atoms with Crippen molar-refractivity contribution in [3.05, 3.63) is 29.8 Å². The van der Waals surface area contributed by atoms with Gasteiger partial charge in [0.15, 0.2) is 0 Å². The van der Waals surface area contributed by atoms with Gasteiger partial charge in [-0.1, -0.05) is 25.5 Å². The molecule has 3 atom stereocenters. The van der Waals surface area contributed by atoms with E-state index in [1.807, 2.05) is 6.92 Å². The second-order valence-corrected chi connectivity index (χ2v) is 5.52. The number of benzene rings is 1. The highest BCUT2D eigenvalue weighted by Gasteiger charge is 2.31. The average Bonchev–Trinajstić information content (AvgIpc) is 2.74. The molecule has 5 heteroatoms. The van der Waals surface area contributed by atoms with Gasteiger partial charge in [-0.3, -0.25) is 0 Å². The summed E-state index contributed by atoms with van der Waals surface area (Å²) in [6.45, 7) is 4.27. The Morgan fingerprint density at radius 2 is 1.85 bits per heavy atom. The molecule has 0 spiro atoms. The number of rotatable bonds is 4. The van der Waals surface area contributed by atoms with Crippen LogP contribution in [0.15, 0.2) is 24.3 Å². The lowest BCUT2D eigenvalue weighted by atomic mass is 10.0. The van der Waals surface area contributed by atoms with Gasteiger partial charge in [-0.15, -0.1) is 13.2 Å². The summed E-state index contributed by atoms with van der Waals surface area (Å²) in [7, 11) is 0. The van der Waals surface area contributed by atoms with E-state index in [0.717, 1.165) is 5.56 Å². The van der Waals surface area contributed by atoms with Gasteiger partial charge >= 0.3 is 6.36 Å². The fourth-order valence-electron chi connectivity index (χ4n) is 2.77. The molecule has 1 saturated carbocycles. The molecular weight excluding hydrogens is 267 g/mol. The van der Waals surface area contributed by atoms with Crippen molar-refractivity contribution < 1.29 is 17.9 Å². The minimum Gasteiger partial charge on any atom is -0.406 e. The van der Waals surface area contributed by atoms with Crippen molar-refractivity contribution >= 4 is 0 Å². The molecule has 0 amide bonds. The van der Waals surface area contributed by atoms with Gasteiger partial charge in [-0.2, -0.15) is 0 Å². The number of halogens is 3. The Morgan fingerprint density at radius 3 is 2.35 bits per heavy atom. The topological polar surface area (TPSA) is 21.3 Å². The quantitative estimate of drug-likeness (QED) is 0.885. The molecule has 20 heavy (non-hydrogen) atoms. The third-order valence-electron chi connectivity index (χ3n) is 3.94. The van der Waals surface area contributed by atoms with Gasteiger partial charge in [-0.25, -0.2) is 0 Å². The van der Waals surface area contributed by atoms with Crippen molar-refractivity contribution in [2.24, 2.45) is 5.92 Å². The van der Waals surface area contributed by atoms with Gasteiger partial charge in [0.25, 0.3) is 0 Å². The third-order valence-corrected chi connectivity index (χ3v) is 3.94. The lowest BCUT2D eigenvalue weighted by molar-refractivity contribution is -0.274. The van der Waals surface area contributed by atoms with E-state index in [4.69, 9.17) is 0 Å². The molecule has 1 aliphatic rings. The van der Waals surface area contributed by atoms with Gasteiger partial charge in [0, 0.05) is 12.1 Å². The molecule has 1 aromatic carbocycles. The SMILES string of the molecule is CC(NC1CCCC1C)c1ccc(OC(F)(F)F)cc1. The molecule has 0 radical (unpaired) electrons. The monoisotopic (exact) mass is 287 g/mol. The molecule has 2 rings (SSSR count). The smallest absolute Gasteiger partial charge is 0.406 e. The summed E-state index contributed by atoms with van der Waals surface area (Å²) in [5.74, 6) is 0.480. The highest BCUT2D eigenvalue weighted by molar-refractivity contribution is 5.29. The van der Waals surface area contributed by atoms with Crippen LogP contribution in [0.2, 0.25) is 0 Å². The summed E-state index contributed by atoms with van der Waals surface area (Å²) in [6, 6.07) is 6.70. The van der Waals surface area contributed by atoms with Crippen molar-refractivity contribution in [2.45, 2.75) is 51.6 Å². The fourth-order valence-corrected chi connectivity index (χ4v) is 2.77. The summed E-state index contributed by atoms with van der Waals surface area (Å²) in [4.78, 5) is 0.